The zero-order valence-electron chi connectivity index (χ0n) is 26.9. The van der Waals surface area contributed by atoms with Gasteiger partial charge in [-0.2, -0.15) is 0 Å². The Labute approximate surface area is 262 Å². The van der Waals surface area contributed by atoms with Crippen LogP contribution in [0.3, 0.4) is 0 Å². The molecule has 1 saturated carbocycles. The predicted molar refractivity (Wildman–Crippen MR) is 178 cm³/mol. The highest BCUT2D eigenvalue weighted by Crippen LogP contribution is 2.37. The van der Waals surface area contributed by atoms with Crippen molar-refractivity contribution in [2.45, 2.75) is 84.7 Å². The molecule has 1 aliphatic rings. The van der Waals surface area contributed by atoms with Gasteiger partial charge in [-0.15, -0.1) is 0 Å². The van der Waals surface area contributed by atoms with E-state index in [4.69, 9.17) is 18.9 Å². The highest BCUT2D eigenvalue weighted by Gasteiger charge is 2.27. The molecule has 2 atom stereocenters. The van der Waals surface area contributed by atoms with Crippen LogP contribution in [0.5, 0.6) is 11.5 Å². The molecule has 0 spiro atoms. The van der Waals surface area contributed by atoms with Crippen LogP contribution in [-0.4, -0.2) is 31.6 Å². The van der Waals surface area contributed by atoms with E-state index in [9.17, 15) is 4.79 Å². The van der Waals surface area contributed by atoms with E-state index in [1.807, 2.05) is 27.7 Å². The Hall–Kier alpha value is -3.57. The van der Waals surface area contributed by atoms with Crippen molar-refractivity contribution in [1.82, 2.24) is 0 Å². The SMILES string of the molecule is CCOCOc1ccc2ccccc2c1Cc1c(OCCC2CCCCC(C(=O)OC(C)(C)C)CC2)ccc2ccccc12. The maximum atomic E-state index is 12.8. The standard InChI is InChI=1S/C39H48O5/c1-5-41-27-43-37-23-21-30-14-9-11-17-33(30)35(37)26-34-32-16-10-8-13-29(32)20-22-36(34)42-25-24-28-12-6-7-15-31(19-18-28)38(40)44-39(2,3)4/h8-11,13-14,16-17,20-23,28,31H,5-7,12,15,18-19,24-27H2,1-4H3. The van der Waals surface area contributed by atoms with E-state index in [-0.39, 0.29) is 18.7 Å². The van der Waals surface area contributed by atoms with Crippen LogP contribution in [0.4, 0.5) is 0 Å². The first-order chi connectivity index (χ1) is 21.3. The lowest BCUT2D eigenvalue weighted by molar-refractivity contribution is -0.160. The minimum absolute atomic E-state index is 0.00451. The van der Waals surface area contributed by atoms with Gasteiger partial charge in [-0.1, -0.05) is 79.9 Å². The van der Waals surface area contributed by atoms with Crippen molar-refractivity contribution in [3.8, 4) is 11.5 Å². The number of benzene rings is 4. The Morgan fingerprint density at radius 3 is 2.00 bits per heavy atom. The molecule has 0 N–H and O–H groups in total. The number of hydrogen-bond donors (Lipinski definition) is 0. The smallest absolute Gasteiger partial charge is 0.309 e. The van der Waals surface area contributed by atoms with Gasteiger partial charge >= 0.3 is 5.97 Å². The zero-order chi connectivity index (χ0) is 30.9. The molecule has 234 valence electrons. The van der Waals surface area contributed by atoms with E-state index in [2.05, 4.69) is 72.8 Å². The molecule has 4 aromatic rings. The number of esters is 1. The van der Waals surface area contributed by atoms with Gasteiger partial charge in [0, 0.05) is 24.2 Å². The van der Waals surface area contributed by atoms with Crippen molar-refractivity contribution in [2.24, 2.45) is 11.8 Å². The fourth-order valence-corrected chi connectivity index (χ4v) is 6.43. The molecule has 0 radical (unpaired) electrons. The number of ether oxygens (including phenoxy) is 4. The van der Waals surface area contributed by atoms with Crippen LogP contribution in [0.2, 0.25) is 0 Å². The lowest BCUT2D eigenvalue weighted by Gasteiger charge is -2.27. The molecule has 0 aromatic heterocycles. The molecular weight excluding hydrogens is 548 g/mol. The second-order valence-electron chi connectivity index (χ2n) is 13.1. The van der Waals surface area contributed by atoms with Gasteiger partial charge in [-0.3, -0.25) is 4.79 Å². The Bertz CT molecular complexity index is 1540. The van der Waals surface area contributed by atoms with Crippen LogP contribution in [0.1, 0.15) is 83.8 Å². The number of rotatable bonds is 11. The molecule has 2 unspecified atom stereocenters. The lowest BCUT2D eigenvalue weighted by atomic mass is 9.84. The van der Waals surface area contributed by atoms with Gasteiger partial charge in [-0.05, 0) is 93.0 Å². The molecule has 4 aromatic carbocycles. The van der Waals surface area contributed by atoms with E-state index in [0.29, 0.717) is 25.6 Å². The van der Waals surface area contributed by atoms with Crippen LogP contribution in [0.25, 0.3) is 21.5 Å². The normalized spacial score (nSPS) is 17.6. The zero-order valence-corrected chi connectivity index (χ0v) is 26.9. The number of fused-ring (bicyclic) bond motifs is 2. The summed E-state index contributed by atoms with van der Waals surface area (Å²) in [7, 11) is 0. The van der Waals surface area contributed by atoms with Crippen molar-refractivity contribution < 1.29 is 23.7 Å². The minimum atomic E-state index is -0.438. The van der Waals surface area contributed by atoms with Crippen molar-refractivity contribution >= 4 is 27.5 Å². The first-order valence-corrected chi connectivity index (χ1v) is 16.4. The van der Waals surface area contributed by atoms with E-state index in [1.165, 1.54) is 33.5 Å². The van der Waals surface area contributed by atoms with E-state index >= 15 is 0 Å². The van der Waals surface area contributed by atoms with Gasteiger partial charge in [0.2, 0.25) is 0 Å². The highest BCUT2D eigenvalue weighted by molar-refractivity contribution is 5.91. The van der Waals surface area contributed by atoms with Crippen LogP contribution >= 0.6 is 0 Å². The summed E-state index contributed by atoms with van der Waals surface area (Å²) in [6.45, 7) is 9.29. The summed E-state index contributed by atoms with van der Waals surface area (Å²) in [5, 5.41) is 4.75. The predicted octanol–water partition coefficient (Wildman–Crippen LogP) is 9.65. The van der Waals surface area contributed by atoms with Gasteiger partial charge in [0.1, 0.15) is 17.1 Å². The second kappa shape index (κ2) is 14.9. The average Bonchev–Trinajstić information content (AvgIpc) is 2.99. The third-order valence-corrected chi connectivity index (χ3v) is 8.71. The van der Waals surface area contributed by atoms with Gasteiger partial charge < -0.3 is 18.9 Å². The van der Waals surface area contributed by atoms with Gasteiger partial charge in [0.15, 0.2) is 6.79 Å². The maximum absolute atomic E-state index is 12.8. The number of hydrogen-bond acceptors (Lipinski definition) is 5. The van der Waals surface area contributed by atoms with Crippen LogP contribution in [-0.2, 0) is 20.7 Å². The van der Waals surface area contributed by atoms with Gasteiger partial charge in [-0.25, -0.2) is 0 Å². The first-order valence-electron chi connectivity index (χ1n) is 16.4. The number of carbonyl (C=O) groups is 1. The molecule has 5 nitrogen and oxygen atoms in total. The molecule has 0 saturated heterocycles. The van der Waals surface area contributed by atoms with Crippen LogP contribution < -0.4 is 9.47 Å². The summed E-state index contributed by atoms with van der Waals surface area (Å²) in [6, 6.07) is 25.5. The Balaban J connectivity index is 1.35. The molecule has 1 aliphatic carbocycles. The summed E-state index contributed by atoms with van der Waals surface area (Å²) in [4.78, 5) is 12.8. The third kappa shape index (κ3) is 8.32. The summed E-state index contributed by atoms with van der Waals surface area (Å²) in [5.74, 6) is 2.27. The molecular formula is C39H48O5. The van der Waals surface area contributed by atoms with E-state index < -0.39 is 5.60 Å². The minimum Gasteiger partial charge on any atom is -0.493 e. The molecule has 5 heteroatoms. The molecule has 44 heavy (non-hydrogen) atoms. The van der Waals surface area contributed by atoms with Crippen molar-refractivity contribution in [1.29, 1.82) is 0 Å². The summed E-state index contributed by atoms with van der Waals surface area (Å²) in [5.41, 5.74) is 1.87. The molecule has 0 heterocycles. The fourth-order valence-electron chi connectivity index (χ4n) is 6.43. The second-order valence-corrected chi connectivity index (χ2v) is 13.1. The molecule has 0 bridgehead atoms. The monoisotopic (exact) mass is 596 g/mol. The number of carbonyl (C=O) groups excluding carboxylic acids is 1. The van der Waals surface area contributed by atoms with Crippen molar-refractivity contribution in [3.63, 3.8) is 0 Å². The first kappa shape index (κ1) is 31.8. The van der Waals surface area contributed by atoms with Gasteiger partial charge in [0.25, 0.3) is 0 Å². The topological polar surface area (TPSA) is 54.0 Å². The lowest BCUT2D eigenvalue weighted by Crippen LogP contribution is -2.29. The summed E-state index contributed by atoms with van der Waals surface area (Å²) < 4.78 is 24.0. The molecule has 0 aliphatic heterocycles. The molecule has 1 fully saturated rings. The Morgan fingerprint density at radius 2 is 1.36 bits per heavy atom. The average molecular weight is 597 g/mol. The third-order valence-electron chi connectivity index (χ3n) is 8.71. The maximum Gasteiger partial charge on any atom is 0.309 e. The van der Waals surface area contributed by atoms with Crippen molar-refractivity contribution in [2.75, 3.05) is 20.0 Å². The van der Waals surface area contributed by atoms with E-state index in [1.54, 1.807) is 0 Å². The van der Waals surface area contributed by atoms with E-state index in [0.717, 1.165) is 55.6 Å². The molecule has 5 rings (SSSR count). The van der Waals surface area contributed by atoms with Crippen LogP contribution in [0, 0.1) is 11.8 Å². The highest BCUT2D eigenvalue weighted by atomic mass is 16.7. The Morgan fingerprint density at radius 1 is 0.750 bits per heavy atom. The molecule has 0 amide bonds. The Kier molecular flexibility index (Phi) is 10.8. The largest absolute Gasteiger partial charge is 0.493 e. The fraction of sp³-hybridized carbons (Fsp3) is 0.462. The summed E-state index contributed by atoms with van der Waals surface area (Å²) >= 11 is 0. The van der Waals surface area contributed by atoms with Crippen molar-refractivity contribution in [3.05, 3.63) is 83.9 Å². The van der Waals surface area contributed by atoms with Crippen LogP contribution in [0.15, 0.2) is 72.8 Å². The quantitative estimate of drug-likeness (QED) is 0.0980. The summed E-state index contributed by atoms with van der Waals surface area (Å²) in [6.07, 6.45) is 7.94. The van der Waals surface area contributed by atoms with Gasteiger partial charge in [0.05, 0.1) is 12.5 Å².